The number of benzene rings is 1. The van der Waals surface area contributed by atoms with Crippen molar-refractivity contribution < 1.29 is 4.74 Å². The molecular weight excluding hydrogens is 422 g/mol. The molecule has 0 saturated heterocycles. The summed E-state index contributed by atoms with van der Waals surface area (Å²) in [5.41, 5.74) is 2.68. The first-order valence-corrected chi connectivity index (χ1v) is 10.4. The standard InChI is InChI=1S/C21H20ClN5O2S/c1-13-10-26(12-23-13)18-5-4-16(9-19(18)29-3)25-17-8-15(22)11-27(21(17)28)14(2)20-6-7-24-30-20/h4-12,14,25H,1-3H3/t14-/m0/s1. The highest BCUT2D eigenvalue weighted by molar-refractivity contribution is 7.05. The number of nitrogens with one attached hydrogen (secondary N) is 1. The van der Waals surface area contributed by atoms with Gasteiger partial charge in [0.2, 0.25) is 0 Å². The van der Waals surface area contributed by atoms with Crippen molar-refractivity contribution in [2.24, 2.45) is 0 Å². The molecule has 0 radical (unpaired) electrons. The van der Waals surface area contributed by atoms with E-state index in [1.165, 1.54) is 11.5 Å². The number of nitrogens with zero attached hydrogens (tertiary/aromatic N) is 4. The van der Waals surface area contributed by atoms with Gasteiger partial charge in [-0.15, -0.1) is 0 Å². The van der Waals surface area contributed by atoms with Crippen LogP contribution in [0.2, 0.25) is 5.02 Å². The van der Waals surface area contributed by atoms with Crippen molar-refractivity contribution in [1.82, 2.24) is 18.5 Å². The number of aryl methyl sites for hydroxylation is 1. The Kier molecular flexibility index (Phi) is 5.61. The van der Waals surface area contributed by atoms with Gasteiger partial charge in [0.1, 0.15) is 11.4 Å². The van der Waals surface area contributed by atoms with Crippen molar-refractivity contribution in [3.05, 3.63) is 81.2 Å². The molecule has 30 heavy (non-hydrogen) atoms. The Labute approximate surface area is 182 Å². The second-order valence-corrected chi connectivity index (χ2v) is 8.11. The number of pyridine rings is 1. The molecule has 4 aromatic rings. The first-order chi connectivity index (χ1) is 14.5. The highest BCUT2D eigenvalue weighted by atomic mass is 35.5. The number of hydrogen-bond acceptors (Lipinski definition) is 6. The maximum Gasteiger partial charge on any atom is 0.274 e. The average molecular weight is 442 g/mol. The van der Waals surface area contributed by atoms with Gasteiger partial charge in [-0.05, 0) is 49.6 Å². The fourth-order valence-corrected chi connectivity index (χ4v) is 4.05. The van der Waals surface area contributed by atoms with Crippen LogP contribution in [0.1, 0.15) is 23.5 Å². The average Bonchev–Trinajstić information content (AvgIpc) is 3.42. The third-order valence-corrected chi connectivity index (χ3v) is 5.87. The van der Waals surface area contributed by atoms with E-state index in [2.05, 4.69) is 14.7 Å². The lowest BCUT2D eigenvalue weighted by Gasteiger charge is -2.17. The molecule has 0 fully saturated rings. The minimum atomic E-state index is -0.175. The van der Waals surface area contributed by atoms with Crippen LogP contribution >= 0.6 is 23.1 Å². The molecule has 7 nitrogen and oxygen atoms in total. The largest absolute Gasteiger partial charge is 0.494 e. The molecule has 0 aliphatic carbocycles. The molecule has 0 bridgehead atoms. The van der Waals surface area contributed by atoms with Gasteiger partial charge in [0, 0.05) is 35.2 Å². The van der Waals surface area contributed by atoms with E-state index < -0.39 is 0 Å². The molecule has 3 aromatic heterocycles. The monoisotopic (exact) mass is 441 g/mol. The topological polar surface area (TPSA) is 74.0 Å². The Hall–Kier alpha value is -3.10. The van der Waals surface area contributed by atoms with E-state index in [9.17, 15) is 4.79 Å². The fourth-order valence-electron chi connectivity index (χ4n) is 3.20. The number of halogens is 1. The summed E-state index contributed by atoms with van der Waals surface area (Å²) < 4.78 is 13.2. The van der Waals surface area contributed by atoms with Crippen molar-refractivity contribution in [2.45, 2.75) is 19.9 Å². The van der Waals surface area contributed by atoms with Crippen LogP contribution in [0.5, 0.6) is 5.75 Å². The van der Waals surface area contributed by atoms with E-state index in [0.29, 0.717) is 22.1 Å². The maximum atomic E-state index is 13.1. The molecule has 4 rings (SSSR count). The Morgan fingerprint density at radius 3 is 2.73 bits per heavy atom. The molecule has 0 aliphatic rings. The highest BCUT2D eigenvalue weighted by Crippen LogP contribution is 2.29. The first-order valence-electron chi connectivity index (χ1n) is 9.24. The van der Waals surface area contributed by atoms with Gasteiger partial charge in [-0.1, -0.05) is 11.6 Å². The Bertz CT molecular complexity index is 1230. The van der Waals surface area contributed by atoms with Crippen LogP contribution in [0.4, 0.5) is 11.4 Å². The fraction of sp³-hybridized carbons (Fsp3) is 0.190. The molecule has 154 valence electrons. The molecule has 3 heterocycles. The van der Waals surface area contributed by atoms with Crippen molar-refractivity contribution in [3.8, 4) is 11.4 Å². The van der Waals surface area contributed by atoms with Crippen LogP contribution in [0.3, 0.4) is 0 Å². The van der Waals surface area contributed by atoms with E-state index in [4.69, 9.17) is 16.3 Å². The number of anilines is 2. The Balaban J connectivity index is 1.68. The normalized spacial score (nSPS) is 12.0. The predicted octanol–water partition coefficient (Wildman–Crippen LogP) is 4.81. The van der Waals surface area contributed by atoms with E-state index in [-0.39, 0.29) is 11.6 Å². The number of methoxy groups -OCH3 is 1. The van der Waals surface area contributed by atoms with Gasteiger partial charge >= 0.3 is 0 Å². The SMILES string of the molecule is COc1cc(Nc2cc(Cl)cn([C@@H](C)c3ccns3)c2=O)ccc1-n1cnc(C)c1. The molecule has 1 atom stereocenters. The minimum absolute atomic E-state index is 0.173. The van der Waals surface area contributed by atoms with Gasteiger partial charge < -0.3 is 19.2 Å². The van der Waals surface area contributed by atoms with Gasteiger partial charge in [0.15, 0.2) is 0 Å². The van der Waals surface area contributed by atoms with Crippen LogP contribution < -0.4 is 15.6 Å². The third kappa shape index (κ3) is 3.96. The van der Waals surface area contributed by atoms with Crippen molar-refractivity contribution >= 4 is 34.5 Å². The smallest absolute Gasteiger partial charge is 0.274 e. The maximum absolute atomic E-state index is 13.1. The second kappa shape index (κ2) is 8.33. The molecule has 1 N–H and O–H groups in total. The first kappa shape index (κ1) is 20.2. The molecule has 9 heteroatoms. The molecule has 0 spiro atoms. The number of rotatable bonds is 6. The van der Waals surface area contributed by atoms with E-state index in [1.54, 1.807) is 36.5 Å². The summed E-state index contributed by atoms with van der Waals surface area (Å²) in [6.07, 6.45) is 7.02. The van der Waals surface area contributed by atoms with Crippen LogP contribution in [-0.2, 0) is 0 Å². The van der Waals surface area contributed by atoms with E-state index >= 15 is 0 Å². The number of hydrogen-bond donors (Lipinski definition) is 1. The predicted molar refractivity (Wildman–Crippen MR) is 120 cm³/mol. The van der Waals surface area contributed by atoms with Gasteiger partial charge in [-0.2, -0.15) is 0 Å². The lowest BCUT2D eigenvalue weighted by molar-refractivity contribution is 0.413. The van der Waals surface area contributed by atoms with E-state index in [0.717, 1.165) is 16.3 Å². The molecular formula is C21H20ClN5O2S. The number of ether oxygens (including phenoxy) is 1. The lowest BCUT2D eigenvalue weighted by Crippen LogP contribution is -2.25. The highest BCUT2D eigenvalue weighted by Gasteiger charge is 2.15. The number of imidazole rings is 1. The van der Waals surface area contributed by atoms with Crippen LogP contribution in [0, 0.1) is 6.92 Å². The molecule has 0 amide bonds. The minimum Gasteiger partial charge on any atom is -0.494 e. The van der Waals surface area contributed by atoms with Crippen LogP contribution in [0.15, 0.2) is 60.0 Å². The zero-order chi connectivity index (χ0) is 21.3. The van der Waals surface area contributed by atoms with E-state index in [1.807, 2.05) is 48.9 Å². The Morgan fingerprint density at radius 1 is 1.23 bits per heavy atom. The Morgan fingerprint density at radius 2 is 2.07 bits per heavy atom. The summed E-state index contributed by atoms with van der Waals surface area (Å²) in [6, 6.07) is 8.97. The zero-order valence-electron chi connectivity index (χ0n) is 16.7. The van der Waals surface area contributed by atoms with Crippen LogP contribution in [0.25, 0.3) is 5.69 Å². The summed E-state index contributed by atoms with van der Waals surface area (Å²) in [5.74, 6) is 0.651. The van der Waals surface area contributed by atoms with Crippen molar-refractivity contribution in [1.29, 1.82) is 0 Å². The quantitative estimate of drug-likeness (QED) is 0.464. The summed E-state index contributed by atoms with van der Waals surface area (Å²) >= 11 is 7.67. The van der Waals surface area contributed by atoms with Gasteiger partial charge in [-0.25, -0.2) is 9.36 Å². The molecule has 1 aromatic carbocycles. The summed E-state index contributed by atoms with van der Waals surface area (Å²) in [6.45, 7) is 3.87. The molecule has 0 saturated carbocycles. The van der Waals surface area contributed by atoms with Crippen molar-refractivity contribution in [3.63, 3.8) is 0 Å². The summed E-state index contributed by atoms with van der Waals surface area (Å²) in [4.78, 5) is 18.3. The molecule has 0 unspecified atom stereocenters. The molecule has 0 aliphatic heterocycles. The van der Waals surface area contributed by atoms with Crippen LogP contribution in [-0.4, -0.2) is 25.6 Å². The summed E-state index contributed by atoms with van der Waals surface area (Å²) in [7, 11) is 1.61. The van der Waals surface area contributed by atoms with Gasteiger partial charge in [-0.3, -0.25) is 4.79 Å². The summed E-state index contributed by atoms with van der Waals surface area (Å²) in [5, 5.41) is 3.64. The number of aromatic nitrogens is 4. The van der Waals surface area contributed by atoms with Gasteiger partial charge in [0.05, 0.1) is 35.9 Å². The second-order valence-electron chi connectivity index (χ2n) is 6.81. The van der Waals surface area contributed by atoms with Crippen molar-refractivity contribution in [2.75, 3.05) is 12.4 Å². The third-order valence-electron chi connectivity index (χ3n) is 4.74. The van der Waals surface area contributed by atoms with Gasteiger partial charge in [0.25, 0.3) is 5.56 Å². The lowest BCUT2D eigenvalue weighted by atomic mass is 10.2. The zero-order valence-corrected chi connectivity index (χ0v) is 18.2.